The fraction of sp³-hybridized carbons (Fsp3) is 0.348. The Balaban J connectivity index is 1.34. The second kappa shape index (κ2) is 8.74. The minimum absolute atomic E-state index is 0.0325. The van der Waals surface area contributed by atoms with Crippen molar-refractivity contribution >= 4 is 11.8 Å². The molecule has 1 saturated carbocycles. The number of thioether (sulfide) groups is 1. The van der Waals surface area contributed by atoms with Gasteiger partial charge < -0.3 is 0 Å². The van der Waals surface area contributed by atoms with E-state index < -0.39 is 0 Å². The highest BCUT2D eigenvalue weighted by atomic mass is 32.2. The summed E-state index contributed by atoms with van der Waals surface area (Å²) in [5.41, 5.74) is 3.10. The first kappa shape index (κ1) is 18.9. The first-order chi connectivity index (χ1) is 13.7. The maximum absolute atomic E-state index is 11.9. The van der Waals surface area contributed by atoms with E-state index in [1.807, 2.05) is 18.3 Å². The number of aromatic nitrogens is 3. The highest BCUT2D eigenvalue weighted by Crippen LogP contribution is 2.35. The summed E-state index contributed by atoms with van der Waals surface area (Å²) >= 11 is 1.73. The Morgan fingerprint density at radius 1 is 0.964 bits per heavy atom. The molecule has 1 fully saturated rings. The summed E-state index contributed by atoms with van der Waals surface area (Å²) in [6.07, 6.45) is 13.5. The molecule has 0 saturated heterocycles. The summed E-state index contributed by atoms with van der Waals surface area (Å²) in [4.78, 5) is 22.4. The molecule has 0 amide bonds. The van der Waals surface area contributed by atoms with E-state index in [0.717, 1.165) is 30.1 Å². The molecule has 4 rings (SSSR count). The van der Waals surface area contributed by atoms with Gasteiger partial charge in [0.1, 0.15) is 0 Å². The second-order valence-corrected chi connectivity index (χ2v) is 8.44. The standard InChI is InChI=1S/C23H25N3OS/c1-28-22-10-8-20(25-16-22)14-18-6-5-17(12-18)13-19-7-9-21(15-24-19)26-11-3-2-4-23(26)27/h2-4,7-11,15-18H,5-6,12-14H2,1H3/t17-,18-/m0/s1. The number of hydrogen-bond acceptors (Lipinski definition) is 4. The van der Waals surface area contributed by atoms with Crippen LogP contribution in [0.3, 0.4) is 0 Å². The summed E-state index contributed by atoms with van der Waals surface area (Å²) in [7, 11) is 0. The van der Waals surface area contributed by atoms with E-state index >= 15 is 0 Å². The van der Waals surface area contributed by atoms with Gasteiger partial charge in [0, 0.05) is 34.7 Å². The Morgan fingerprint density at radius 3 is 2.25 bits per heavy atom. The molecular weight excluding hydrogens is 366 g/mol. The van der Waals surface area contributed by atoms with Crippen LogP contribution in [0.25, 0.3) is 5.69 Å². The van der Waals surface area contributed by atoms with Gasteiger partial charge >= 0.3 is 0 Å². The third kappa shape index (κ3) is 4.53. The minimum atomic E-state index is -0.0325. The molecule has 0 radical (unpaired) electrons. The third-order valence-electron chi connectivity index (χ3n) is 5.59. The number of nitrogens with zero attached hydrogens (tertiary/aromatic N) is 3. The van der Waals surface area contributed by atoms with Crippen molar-refractivity contribution in [3.05, 3.63) is 82.8 Å². The van der Waals surface area contributed by atoms with Crippen LogP contribution in [-0.2, 0) is 12.8 Å². The van der Waals surface area contributed by atoms with Gasteiger partial charge in [0.2, 0.25) is 0 Å². The van der Waals surface area contributed by atoms with Crippen LogP contribution in [0.4, 0.5) is 0 Å². The lowest BCUT2D eigenvalue weighted by molar-refractivity contribution is 0.480. The molecule has 3 aromatic heterocycles. The SMILES string of the molecule is CSc1ccc(C[C@H]2CC[C@H](Cc3ccc(-n4ccccc4=O)cn3)C2)nc1. The molecule has 4 nitrogen and oxygen atoms in total. The molecule has 0 bridgehead atoms. The second-order valence-electron chi connectivity index (χ2n) is 7.56. The molecule has 1 aliphatic rings. The van der Waals surface area contributed by atoms with Crippen LogP contribution in [0.2, 0.25) is 0 Å². The summed E-state index contributed by atoms with van der Waals surface area (Å²) < 4.78 is 1.62. The Bertz CT molecular complexity index is 966. The van der Waals surface area contributed by atoms with Crippen molar-refractivity contribution in [2.45, 2.75) is 37.0 Å². The van der Waals surface area contributed by atoms with Gasteiger partial charge in [-0.1, -0.05) is 6.07 Å². The van der Waals surface area contributed by atoms with E-state index in [4.69, 9.17) is 0 Å². The largest absolute Gasteiger partial charge is 0.283 e. The predicted octanol–water partition coefficient (Wildman–Crippen LogP) is 4.55. The van der Waals surface area contributed by atoms with Gasteiger partial charge in [0.15, 0.2) is 0 Å². The van der Waals surface area contributed by atoms with Crippen LogP contribution >= 0.6 is 11.8 Å². The van der Waals surface area contributed by atoms with Crippen LogP contribution in [0.5, 0.6) is 0 Å². The topological polar surface area (TPSA) is 47.8 Å². The highest BCUT2D eigenvalue weighted by molar-refractivity contribution is 7.98. The van der Waals surface area contributed by atoms with Crippen LogP contribution in [-0.4, -0.2) is 20.8 Å². The maximum atomic E-state index is 11.9. The van der Waals surface area contributed by atoms with E-state index in [1.54, 1.807) is 40.9 Å². The zero-order chi connectivity index (χ0) is 19.3. The average Bonchev–Trinajstić information content (AvgIpc) is 3.16. The smallest absolute Gasteiger partial charge is 0.255 e. The molecule has 0 spiro atoms. The Kier molecular flexibility index (Phi) is 5.91. The van der Waals surface area contributed by atoms with Crippen molar-refractivity contribution in [3.63, 3.8) is 0 Å². The van der Waals surface area contributed by atoms with E-state index in [1.165, 1.54) is 29.9 Å². The summed E-state index contributed by atoms with van der Waals surface area (Å²) in [6.45, 7) is 0. The summed E-state index contributed by atoms with van der Waals surface area (Å²) in [5.74, 6) is 1.41. The van der Waals surface area contributed by atoms with E-state index in [9.17, 15) is 4.79 Å². The summed E-state index contributed by atoms with van der Waals surface area (Å²) in [5, 5.41) is 0. The average molecular weight is 392 g/mol. The van der Waals surface area contributed by atoms with Crippen LogP contribution in [0.15, 0.2) is 70.7 Å². The van der Waals surface area contributed by atoms with Crippen LogP contribution in [0.1, 0.15) is 30.7 Å². The van der Waals surface area contributed by atoms with Gasteiger partial charge in [-0.25, -0.2) is 0 Å². The molecular formula is C23H25N3OS. The molecule has 2 atom stereocenters. The number of pyridine rings is 3. The van der Waals surface area contributed by atoms with Crippen molar-refractivity contribution in [2.75, 3.05) is 6.26 Å². The van der Waals surface area contributed by atoms with Gasteiger partial charge in [-0.2, -0.15) is 0 Å². The lowest BCUT2D eigenvalue weighted by Gasteiger charge is -2.12. The minimum Gasteiger partial charge on any atom is -0.283 e. The molecule has 0 aliphatic heterocycles. The predicted molar refractivity (Wildman–Crippen MR) is 114 cm³/mol. The van der Waals surface area contributed by atoms with Gasteiger partial charge in [-0.05, 0) is 80.5 Å². The van der Waals surface area contributed by atoms with Crippen LogP contribution in [0, 0.1) is 11.8 Å². The van der Waals surface area contributed by atoms with E-state index in [2.05, 4.69) is 34.4 Å². The fourth-order valence-corrected chi connectivity index (χ4v) is 4.48. The quantitative estimate of drug-likeness (QED) is 0.578. The zero-order valence-electron chi connectivity index (χ0n) is 16.1. The normalized spacial score (nSPS) is 19.0. The molecule has 0 unspecified atom stereocenters. The van der Waals surface area contributed by atoms with E-state index in [-0.39, 0.29) is 5.56 Å². The molecule has 0 N–H and O–H groups in total. The van der Waals surface area contributed by atoms with Gasteiger partial charge in [-0.15, -0.1) is 11.8 Å². The number of rotatable bonds is 6. The Labute approximate surface area is 170 Å². The van der Waals surface area contributed by atoms with Crippen molar-refractivity contribution in [2.24, 2.45) is 11.8 Å². The molecule has 5 heteroatoms. The van der Waals surface area contributed by atoms with Gasteiger partial charge in [0.25, 0.3) is 5.56 Å². The summed E-state index contributed by atoms with van der Waals surface area (Å²) in [6, 6.07) is 13.6. The molecule has 144 valence electrons. The van der Waals surface area contributed by atoms with Crippen molar-refractivity contribution < 1.29 is 0 Å². The number of hydrogen-bond donors (Lipinski definition) is 0. The highest BCUT2D eigenvalue weighted by Gasteiger charge is 2.25. The molecule has 0 aromatic carbocycles. The monoisotopic (exact) mass is 391 g/mol. The van der Waals surface area contributed by atoms with Crippen molar-refractivity contribution in [1.82, 2.24) is 14.5 Å². The van der Waals surface area contributed by atoms with Crippen molar-refractivity contribution in [1.29, 1.82) is 0 Å². The Hall–Kier alpha value is -2.40. The third-order valence-corrected chi connectivity index (χ3v) is 6.30. The van der Waals surface area contributed by atoms with Gasteiger partial charge in [-0.3, -0.25) is 19.3 Å². The first-order valence-corrected chi connectivity index (χ1v) is 11.1. The lowest BCUT2D eigenvalue weighted by Crippen LogP contribution is -2.15. The molecule has 3 aromatic rings. The molecule has 1 aliphatic carbocycles. The lowest BCUT2D eigenvalue weighted by atomic mass is 9.97. The van der Waals surface area contributed by atoms with Crippen molar-refractivity contribution in [3.8, 4) is 5.69 Å². The molecule has 28 heavy (non-hydrogen) atoms. The maximum Gasteiger partial charge on any atom is 0.255 e. The first-order valence-electron chi connectivity index (χ1n) is 9.83. The van der Waals surface area contributed by atoms with E-state index in [0.29, 0.717) is 5.92 Å². The zero-order valence-corrected chi connectivity index (χ0v) is 16.9. The molecule has 3 heterocycles. The fourth-order valence-electron chi connectivity index (χ4n) is 4.11. The Morgan fingerprint density at radius 2 is 1.68 bits per heavy atom. The van der Waals surface area contributed by atoms with Gasteiger partial charge in [0.05, 0.1) is 11.9 Å². The van der Waals surface area contributed by atoms with Crippen LogP contribution < -0.4 is 5.56 Å².